The minimum absolute atomic E-state index is 2.18. The van der Waals surface area contributed by atoms with Crippen molar-refractivity contribution in [2.45, 2.75) is 0 Å². The van der Waals surface area contributed by atoms with Crippen molar-refractivity contribution in [3.05, 3.63) is 0 Å². The van der Waals surface area contributed by atoms with Gasteiger partial charge < -0.3 is 0 Å². The minimum Gasteiger partial charge on any atom is -0.190 e. The third-order valence-corrected chi connectivity index (χ3v) is 0. The Bertz CT molecular complexity index is 10.8. The fourth-order valence-electron chi connectivity index (χ4n) is 0. The lowest BCUT2D eigenvalue weighted by molar-refractivity contribution is 0.929. The van der Waals surface area contributed by atoms with Crippen molar-refractivity contribution in [1.29, 1.82) is 0 Å². The van der Waals surface area contributed by atoms with Gasteiger partial charge in [-0.25, -0.2) is 0 Å². The number of hydrogen-bond donors (Lipinski definition) is 0. The van der Waals surface area contributed by atoms with Crippen molar-refractivity contribution in [2.75, 3.05) is 0 Å². The molecule has 4 heteroatoms. The molecule has 0 unspecified atom stereocenters. The van der Waals surface area contributed by atoms with E-state index < -0.39 is 6.94 Å². The van der Waals surface area contributed by atoms with Crippen LogP contribution in [0.25, 0.3) is 0 Å². The van der Waals surface area contributed by atoms with Crippen molar-refractivity contribution >= 4 is 29.4 Å². The van der Waals surface area contributed by atoms with E-state index in [-0.39, 0.29) is 0 Å². The van der Waals surface area contributed by atoms with Crippen LogP contribution in [0.2, 0.25) is 0 Å². The van der Waals surface area contributed by atoms with Gasteiger partial charge in [-0.05, 0) is 22.5 Å². The monoisotopic (exact) mass is 120 g/mol. The second-order valence-corrected chi connectivity index (χ2v) is 2.87. The predicted octanol–water partition coefficient (Wildman–Crippen LogP) is 2.66. The third kappa shape index (κ3) is 12.5. The van der Waals surface area contributed by atoms with E-state index in [2.05, 4.69) is 22.5 Å². The van der Waals surface area contributed by atoms with E-state index in [9.17, 15) is 4.20 Å². The van der Waals surface area contributed by atoms with Crippen LogP contribution >= 0.6 is 29.4 Å². The quantitative estimate of drug-likeness (QED) is 0.432. The lowest BCUT2D eigenvalue weighted by atomic mass is 18.9. The van der Waals surface area contributed by atoms with E-state index in [0.717, 1.165) is 0 Å². The predicted molar refractivity (Wildman–Crippen MR) is 19.7 cm³/mol. The summed E-state index contributed by atoms with van der Waals surface area (Å²) in [4.78, 5) is 0. The fraction of sp³-hybridized carbons (Fsp3) is 0. The first-order chi connectivity index (χ1) is 1.73. The van der Waals surface area contributed by atoms with Gasteiger partial charge in [-0.15, -0.1) is 0 Å². The summed E-state index contributed by atoms with van der Waals surface area (Å²) in [5, 5.41) is 0. The molecule has 0 N–H and O–H groups in total. The number of rotatable bonds is 0. The summed E-state index contributed by atoms with van der Waals surface area (Å²) in [5.74, 6) is 0. The summed E-state index contributed by atoms with van der Waals surface area (Å²) in [6, 6.07) is 0. The van der Waals surface area contributed by atoms with Gasteiger partial charge in [0.25, 0.3) is 6.94 Å². The molecule has 0 aromatic heterocycles. The van der Waals surface area contributed by atoms with Gasteiger partial charge in [0.15, 0.2) is 0 Å². The Hall–Kier alpha value is 0.940. The highest BCUT2D eigenvalue weighted by Crippen LogP contribution is 2.47. The Morgan fingerprint density at radius 1 is 1.50 bits per heavy atom. The van der Waals surface area contributed by atoms with E-state index in [1.54, 1.807) is 0 Å². The van der Waals surface area contributed by atoms with E-state index in [1.807, 2.05) is 0 Å². The molecule has 0 radical (unpaired) electrons. The third-order valence-electron chi connectivity index (χ3n) is 0. The Morgan fingerprint density at radius 2 is 1.50 bits per heavy atom. The van der Waals surface area contributed by atoms with Gasteiger partial charge in [0, 0.05) is 0 Å². The van der Waals surface area contributed by atoms with Gasteiger partial charge in [-0.3, -0.25) is 0 Å². The highest BCUT2D eigenvalue weighted by atomic mass is 35.9. The van der Waals surface area contributed by atoms with Gasteiger partial charge in [0.05, 0.1) is 0 Å². The summed E-state index contributed by atoms with van der Waals surface area (Å²) in [7, 11) is 0. The molecule has 0 aliphatic rings. The molecule has 0 aromatic carbocycles. The number of halogens is 3. The van der Waals surface area contributed by atoms with Gasteiger partial charge in [-0.2, -0.15) is 4.20 Å². The normalized spacial score (nSPS) is 9.00. The second kappa shape index (κ2) is 2.19. The highest BCUT2D eigenvalue weighted by molar-refractivity contribution is 8.00. The summed E-state index contributed by atoms with van der Waals surface area (Å²) < 4.78 is 10.6. The van der Waals surface area contributed by atoms with Crippen LogP contribution < -0.4 is 0 Å². The molecule has 0 amide bonds. The molecule has 0 atom stereocenters. The highest BCUT2D eigenvalue weighted by Gasteiger charge is 1.83. The van der Waals surface area contributed by atoms with E-state index >= 15 is 0 Å². The Morgan fingerprint density at radius 3 is 1.50 bits per heavy atom. The lowest BCUT2D eigenvalue weighted by Crippen LogP contribution is -1.01. The zero-order chi connectivity index (χ0) is 3.58. The van der Waals surface area contributed by atoms with E-state index in [1.165, 1.54) is 0 Å². The SMILES string of the molecule is FP(Cl)Cl. The van der Waals surface area contributed by atoms with Crippen LogP contribution in [0.5, 0.6) is 0 Å². The van der Waals surface area contributed by atoms with Crippen LogP contribution in [-0.4, -0.2) is 0 Å². The van der Waals surface area contributed by atoms with Crippen LogP contribution in [0.4, 0.5) is 4.20 Å². The van der Waals surface area contributed by atoms with Crippen molar-refractivity contribution < 1.29 is 4.20 Å². The largest absolute Gasteiger partial charge is 0.273 e. The number of hydrogen-bond acceptors (Lipinski definition) is 0. The van der Waals surface area contributed by atoms with Crippen LogP contribution in [0.1, 0.15) is 0 Å². The van der Waals surface area contributed by atoms with Gasteiger partial charge in [-0.1, -0.05) is 0 Å². The van der Waals surface area contributed by atoms with Crippen molar-refractivity contribution in [3.8, 4) is 0 Å². The van der Waals surface area contributed by atoms with Gasteiger partial charge in [0.1, 0.15) is 0 Å². The van der Waals surface area contributed by atoms with E-state index in [0.29, 0.717) is 0 Å². The molecule has 26 valence electrons. The maximum atomic E-state index is 10.6. The summed E-state index contributed by atoms with van der Waals surface area (Å²) in [6.45, 7) is -2.18. The maximum Gasteiger partial charge on any atom is 0.273 e. The molecule has 0 heterocycles. The zero-order valence-electron chi connectivity index (χ0n) is 1.58. The first-order valence-corrected chi connectivity index (χ1v) is 3.55. The lowest BCUT2D eigenvalue weighted by Gasteiger charge is -1.65. The molecule has 0 rings (SSSR count). The average Bonchev–Trinajstić information content (AvgIpc) is 0.811. The van der Waals surface area contributed by atoms with Gasteiger partial charge in [0.2, 0.25) is 0 Å². The molecular formula is Cl2FP. The molecule has 0 nitrogen and oxygen atoms in total. The van der Waals surface area contributed by atoms with Crippen LogP contribution in [0.15, 0.2) is 0 Å². The van der Waals surface area contributed by atoms with Crippen molar-refractivity contribution in [2.24, 2.45) is 0 Å². The Labute approximate surface area is 34.4 Å². The van der Waals surface area contributed by atoms with Crippen molar-refractivity contribution in [3.63, 3.8) is 0 Å². The van der Waals surface area contributed by atoms with Crippen LogP contribution in [0, 0.1) is 0 Å². The molecule has 4 heavy (non-hydrogen) atoms. The molecule has 0 aliphatic heterocycles. The second-order valence-electron chi connectivity index (χ2n) is 0.192. The minimum atomic E-state index is -2.18. The summed E-state index contributed by atoms with van der Waals surface area (Å²) >= 11 is 8.88. The Kier molecular flexibility index (Phi) is 2.71. The fourth-order valence-corrected chi connectivity index (χ4v) is 0. The molecule has 0 aromatic rings. The molecule has 0 spiro atoms. The molecule has 0 fully saturated rings. The van der Waals surface area contributed by atoms with Crippen LogP contribution in [0.3, 0.4) is 0 Å². The molecule has 0 saturated heterocycles. The van der Waals surface area contributed by atoms with Gasteiger partial charge >= 0.3 is 0 Å². The van der Waals surface area contributed by atoms with Crippen LogP contribution in [-0.2, 0) is 0 Å². The smallest absolute Gasteiger partial charge is 0.190 e. The average molecular weight is 121 g/mol. The summed E-state index contributed by atoms with van der Waals surface area (Å²) in [6.07, 6.45) is 0. The summed E-state index contributed by atoms with van der Waals surface area (Å²) in [5.41, 5.74) is 0. The topological polar surface area (TPSA) is 0 Å². The zero-order valence-corrected chi connectivity index (χ0v) is 3.99. The first kappa shape index (κ1) is 4.94. The Balaban J connectivity index is 2.32. The molecule has 0 saturated carbocycles. The first-order valence-electron chi connectivity index (χ1n) is 0.507. The molecule has 0 bridgehead atoms. The van der Waals surface area contributed by atoms with E-state index in [4.69, 9.17) is 0 Å². The maximum absolute atomic E-state index is 10.6. The molecular weight excluding hydrogens is 121 g/mol. The molecule has 0 aliphatic carbocycles. The van der Waals surface area contributed by atoms with Crippen molar-refractivity contribution in [1.82, 2.24) is 0 Å². The standard InChI is InChI=1S/Cl2FP/c1-4(2)3.